The van der Waals surface area contributed by atoms with Crippen LogP contribution in [0.1, 0.15) is 17.5 Å². The Balaban J connectivity index is 1.70. The molecule has 0 aliphatic carbocycles. The fourth-order valence-electron chi connectivity index (χ4n) is 2.70. The molecule has 0 unspecified atom stereocenters. The normalized spacial score (nSPS) is 15.8. The van der Waals surface area contributed by atoms with E-state index in [1.807, 2.05) is 11.8 Å². The number of thioether (sulfide) groups is 1. The van der Waals surface area contributed by atoms with Gasteiger partial charge in [-0.25, -0.2) is 0 Å². The maximum absolute atomic E-state index is 5.50. The lowest BCUT2D eigenvalue weighted by atomic mass is 10.1. The lowest BCUT2D eigenvalue weighted by molar-refractivity contribution is 0.174. The van der Waals surface area contributed by atoms with Gasteiger partial charge in [-0.2, -0.15) is 11.8 Å². The van der Waals surface area contributed by atoms with Crippen LogP contribution >= 0.6 is 24.0 Å². The Morgan fingerprint density at radius 2 is 2.05 bits per heavy atom. The van der Waals surface area contributed by atoms with E-state index >= 15 is 0 Å². The molecular weight excluding hydrogens is 310 g/mol. The molecule has 5 heteroatoms. The summed E-state index contributed by atoms with van der Waals surface area (Å²) in [5.41, 5.74) is 2.75. The topological polar surface area (TPSA) is 18.5 Å². The predicted octanol–water partition coefficient (Wildman–Crippen LogP) is 2.74. The van der Waals surface area contributed by atoms with Gasteiger partial charge in [-0.05, 0) is 43.1 Å². The van der Waals surface area contributed by atoms with Gasteiger partial charge in [-0.1, -0.05) is 29.8 Å². The van der Waals surface area contributed by atoms with Crippen LogP contribution in [0.3, 0.4) is 0 Å². The van der Waals surface area contributed by atoms with Gasteiger partial charge in [-0.15, -0.1) is 0 Å². The summed E-state index contributed by atoms with van der Waals surface area (Å²) < 4.78 is 0. The van der Waals surface area contributed by atoms with Crippen LogP contribution in [0.5, 0.6) is 0 Å². The highest BCUT2D eigenvalue weighted by molar-refractivity contribution is 7.98. The summed E-state index contributed by atoms with van der Waals surface area (Å²) in [7, 11) is 0. The minimum absolute atomic E-state index is 0.927. The third-order valence-corrected chi connectivity index (χ3v) is 5.05. The average molecular weight is 338 g/mol. The second-order valence-electron chi connectivity index (χ2n) is 5.83. The number of thiocarbonyl (C=S) groups is 1. The Hall–Kier alpha value is -0.780. The summed E-state index contributed by atoms with van der Waals surface area (Å²) in [6, 6.07) is 8.80. The first-order valence-electron chi connectivity index (χ1n) is 7.98. The summed E-state index contributed by atoms with van der Waals surface area (Å²) in [6.45, 7) is 8.41. The molecule has 22 heavy (non-hydrogen) atoms. The molecule has 1 aromatic rings. The third kappa shape index (κ3) is 5.78. The van der Waals surface area contributed by atoms with E-state index in [2.05, 4.69) is 52.6 Å². The molecule has 0 bridgehead atoms. The summed E-state index contributed by atoms with van der Waals surface area (Å²) >= 11 is 7.39. The standard InChI is InChI=1S/C17H27N3S2/c1-15-5-3-6-16(13-15)14-19-8-10-20(11-9-19)17(21)18-7-4-12-22-2/h3,5-6,13H,4,7-12,14H2,1-2H3,(H,18,21). The van der Waals surface area contributed by atoms with Gasteiger partial charge in [-0.3, -0.25) is 4.90 Å². The Morgan fingerprint density at radius 1 is 1.27 bits per heavy atom. The quantitative estimate of drug-likeness (QED) is 0.634. The Morgan fingerprint density at radius 3 is 2.73 bits per heavy atom. The lowest BCUT2D eigenvalue weighted by Crippen LogP contribution is -2.51. The highest BCUT2D eigenvalue weighted by Crippen LogP contribution is 2.10. The van der Waals surface area contributed by atoms with Crippen molar-refractivity contribution in [1.29, 1.82) is 0 Å². The van der Waals surface area contributed by atoms with Crippen molar-refractivity contribution >= 4 is 29.1 Å². The number of hydrogen-bond donors (Lipinski definition) is 1. The van der Waals surface area contributed by atoms with Crippen LogP contribution in [-0.2, 0) is 6.54 Å². The lowest BCUT2D eigenvalue weighted by Gasteiger charge is -2.36. The minimum atomic E-state index is 0.927. The fourth-order valence-corrected chi connectivity index (χ4v) is 3.42. The zero-order valence-corrected chi connectivity index (χ0v) is 15.3. The van der Waals surface area contributed by atoms with Crippen molar-refractivity contribution < 1.29 is 0 Å². The van der Waals surface area contributed by atoms with E-state index in [1.165, 1.54) is 23.3 Å². The van der Waals surface area contributed by atoms with Crippen molar-refractivity contribution in [1.82, 2.24) is 15.1 Å². The van der Waals surface area contributed by atoms with Crippen molar-refractivity contribution in [3.8, 4) is 0 Å². The van der Waals surface area contributed by atoms with Gasteiger partial charge in [0.15, 0.2) is 5.11 Å². The summed E-state index contributed by atoms with van der Waals surface area (Å²) in [4.78, 5) is 4.82. The number of benzene rings is 1. The molecule has 3 nitrogen and oxygen atoms in total. The second-order valence-corrected chi connectivity index (χ2v) is 7.20. The molecule has 1 aromatic carbocycles. The molecule has 2 rings (SSSR count). The molecule has 1 aliphatic heterocycles. The number of aryl methyl sites for hydroxylation is 1. The monoisotopic (exact) mass is 337 g/mol. The van der Waals surface area contributed by atoms with Crippen LogP contribution in [-0.4, -0.2) is 59.6 Å². The van der Waals surface area contributed by atoms with Crippen molar-refractivity contribution in [2.75, 3.05) is 44.7 Å². The number of hydrogen-bond acceptors (Lipinski definition) is 3. The maximum atomic E-state index is 5.50. The van der Waals surface area contributed by atoms with E-state index in [1.54, 1.807) is 0 Å². The Bertz CT molecular complexity index is 471. The molecule has 0 amide bonds. The average Bonchev–Trinajstić information content (AvgIpc) is 2.52. The summed E-state index contributed by atoms with van der Waals surface area (Å²) in [5, 5.41) is 4.31. The first-order chi connectivity index (χ1) is 10.7. The van der Waals surface area contributed by atoms with Crippen LogP contribution in [0.25, 0.3) is 0 Å². The van der Waals surface area contributed by atoms with Gasteiger partial charge in [0.1, 0.15) is 0 Å². The maximum Gasteiger partial charge on any atom is 0.169 e. The molecule has 0 aromatic heterocycles. The molecular formula is C17H27N3S2. The van der Waals surface area contributed by atoms with Gasteiger partial charge >= 0.3 is 0 Å². The number of nitrogens with one attached hydrogen (secondary N) is 1. The van der Waals surface area contributed by atoms with E-state index in [0.29, 0.717) is 0 Å². The Labute approximate surface area is 144 Å². The van der Waals surface area contributed by atoms with Gasteiger partial charge < -0.3 is 10.2 Å². The van der Waals surface area contributed by atoms with E-state index in [9.17, 15) is 0 Å². The fraction of sp³-hybridized carbons (Fsp3) is 0.588. The second kappa shape index (κ2) is 9.38. The van der Waals surface area contributed by atoms with Crippen LogP contribution in [0.2, 0.25) is 0 Å². The minimum Gasteiger partial charge on any atom is -0.363 e. The van der Waals surface area contributed by atoms with Gasteiger partial charge in [0.2, 0.25) is 0 Å². The van der Waals surface area contributed by atoms with Crippen molar-refractivity contribution in [2.24, 2.45) is 0 Å². The van der Waals surface area contributed by atoms with Crippen LogP contribution in [0, 0.1) is 6.92 Å². The van der Waals surface area contributed by atoms with Crippen molar-refractivity contribution in [3.63, 3.8) is 0 Å². The molecule has 1 heterocycles. The molecule has 0 radical (unpaired) electrons. The number of piperazine rings is 1. The smallest absolute Gasteiger partial charge is 0.169 e. The van der Waals surface area contributed by atoms with Crippen LogP contribution in [0.15, 0.2) is 24.3 Å². The highest BCUT2D eigenvalue weighted by Gasteiger charge is 2.18. The van der Waals surface area contributed by atoms with Gasteiger partial charge in [0.05, 0.1) is 0 Å². The predicted molar refractivity (Wildman–Crippen MR) is 102 cm³/mol. The Kier molecular flexibility index (Phi) is 7.49. The SMILES string of the molecule is CSCCCNC(=S)N1CCN(Cc2cccc(C)c2)CC1. The first kappa shape index (κ1) is 17.6. The summed E-state index contributed by atoms with van der Waals surface area (Å²) in [6.07, 6.45) is 3.32. The van der Waals surface area contributed by atoms with Crippen molar-refractivity contribution in [2.45, 2.75) is 19.9 Å². The van der Waals surface area contributed by atoms with Gasteiger partial charge in [0.25, 0.3) is 0 Å². The molecule has 0 saturated carbocycles. The molecule has 0 atom stereocenters. The zero-order chi connectivity index (χ0) is 15.8. The van der Waals surface area contributed by atoms with Crippen LogP contribution in [0.4, 0.5) is 0 Å². The largest absolute Gasteiger partial charge is 0.363 e. The molecule has 1 aliphatic rings. The molecule has 1 N–H and O–H groups in total. The van der Waals surface area contributed by atoms with Crippen LogP contribution < -0.4 is 5.32 Å². The highest BCUT2D eigenvalue weighted by atomic mass is 32.2. The molecule has 122 valence electrons. The van der Waals surface area contributed by atoms with Crippen molar-refractivity contribution in [3.05, 3.63) is 35.4 Å². The first-order valence-corrected chi connectivity index (χ1v) is 9.79. The zero-order valence-electron chi connectivity index (χ0n) is 13.7. The van der Waals surface area contributed by atoms with Gasteiger partial charge in [0, 0.05) is 39.3 Å². The van der Waals surface area contributed by atoms with E-state index < -0.39 is 0 Å². The molecule has 0 spiro atoms. The molecule has 1 fully saturated rings. The van der Waals surface area contributed by atoms with E-state index in [0.717, 1.165) is 44.4 Å². The number of rotatable bonds is 6. The van der Waals surface area contributed by atoms with E-state index in [-0.39, 0.29) is 0 Å². The summed E-state index contributed by atoms with van der Waals surface area (Å²) in [5.74, 6) is 1.19. The van der Waals surface area contributed by atoms with E-state index in [4.69, 9.17) is 12.2 Å². The number of nitrogens with zero attached hydrogens (tertiary/aromatic N) is 2. The third-order valence-electron chi connectivity index (χ3n) is 3.95. The molecule has 1 saturated heterocycles.